The van der Waals surface area contributed by atoms with Crippen LogP contribution in [-0.4, -0.2) is 34.7 Å². The molecule has 15 heavy (non-hydrogen) atoms. The van der Waals surface area contributed by atoms with Gasteiger partial charge in [-0.05, 0) is 12.5 Å². The standard InChI is InChI=1S/C10H16N4O/c1-3-4-7-14(2)10(15)13-9-5-6-11-12-8-9/h5-6,8H,3-4,7H2,1-2H3,(H,11,13,15). The number of nitrogens with zero attached hydrogens (tertiary/aromatic N) is 3. The first-order chi connectivity index (χ1) is 7.24. The number of carbonyl (C=O) groups excluding carboxylic acids is 1. The Balaban J connectivity index is 2.42. The van der Waals surface area contributed by atoms with Crippen LogP contribution in [0.3, 0.4) is 0 Å². The van der Waals surface area contributed by atoms with Crippen LogP contribution in [0.25, 0.3) is 0 Å². The van der Waals surface area contributed by atoms with Crippen molar-refractivity contribution in [3.8, 4) is 0 Å². The van der Waals surface area contributed by atoms with Gasteiger partial charge in [0.05, 0.1) is 18.1 Å². The van der Waals surface area contributed by atoms with E-state index in [-0.39, 0.29) is 6.03 Å². The van der Waals surface area contributed by atoms with Gasteiger partial charge in [0.2, 0.25) is 0 Å². The van der Waals surface area contributed by atoms with Crippen LogP contribution < -0.4 is 5.32 Å². The van der Waals surface area contributed by atoms with E-state index in [0.717, 1.165) is 19.4 Å². The molecule has 5 nitrogen and oxygen atoms in total. The quantitative estimate of drug-likeness (QED) is 0.820. The molecular weight excluding hydrogens is 192 g/mol. The second-order valence-electron chi connectivity index (χ2n) is 3.34. The number of anilines is 1. The summed E-state index contributed by atoms with van der Waals surface area (Å²) >= 11 is 0. The van der Waals surface area contributed by atoms with Gasteiger partial charge in [0, 0.05) is 13.6 Å². The maximum atomic E-state index is 11.6. The van der Waals surface area contributed by atoms with Crippen molar-refractivity contribution >= 4 is 11.7 Å². The van der Waals surface area contributed by atoms with Crippen LogP contribution in [0.1, 0.15) is 19.8 Å². The van der Waals surface area contributed by atoms with Gasteiger partial charge in [-0.2, -0.15) is 10.2 Å². The van der Waals surface area contributed by atoms with Gasteiger partial charge in [0.15, 0.2) is 0 Å². The number of carbonyl (C=O) groups is 1. The lowest BCUT2D eigenvalue weighted by Crippen LogP contribution is -2.32. The van der Waals surface area contributed by atoms with Crippen molar-refractivity contribution in [2.75, 3.05) is 18.9 Å². The van der Waals surface area contributed by atoms with Gasteiger partial charge >= 0.3 is 6.03 Å². The summed E-state index contributed by atoms with van der Waals surface area (Å²) in [7, 11) is 1.78. The van der Waals surface area contributed by atoms with Gasteiger partial charge in [-0.15, -0.1) is 0 Å². The molecule has 2 amide bonds. The maximum Gasteiger partial charge on any atom is 0.321 e. The highest BCUT2D eigenvalue weighted by molar-refractivity contribution is 5.88. The molecule has 1 rings (SSSR count). The number of rotatable bonds is 4. The molecule has 5 heteroatoms. The van der Waals surface area contributed by atoms with E-state index in [1.54, 1.807) is 24.2 Å². The molecule has 0 aliphatic heterocycles. The van der Waals surface area contributed by atoms with E-state index in [1.807, 2.05) is 0 Å². The Bertz CT molecular complexity index is 302. The van der Waals surface area contributed by atoms with Gasteiger partial charge in [0.1, 0.15) is 0 Å². The Morgan fingerprint density at radius 1 is 1.53 bits per heavy atom. The Hall–Kier alpha value is -1.65. The summed E-state index contributed by atoms with van der Waals surface area (Å²) in [5.74, 6) is 0. The Kier molecular flexibility index (Phi) is 4.53. The smallest absolute Gasteiger partial charge is 0.321 e. The van der Waals surface area contributed by atoms with Crippen molar-refractivity contribution in [3.63, 3.8) is 0 Å². The van der Waals surface area contributed by atoms with Gasteiger partial charge in [-0.1, -0.05) is 13.3 Å². The predicted octanol–water partition coefficient (Wildman–Crippen LogP) is 1.74. The molecule has 0 unspecified atom stereocenters. The molecular formula is C10H16N4O. The van der Waals surface area contributed by atoms with Gasteiger partial charge in [-0.25, -0.2) is 4.79 Å². The fraction of sp³-hybridized carbons (Fsp3) is 0.500. The first-order valence-corrected chi connectivity index (χ1v) is 5.03. The normalized spacial score (nSPS) is 9.73. The minimum atomic E-state index is -0.114. The topological polar surface area (TPSA) is 58.1 Å². The lowest BCUT2D eigenvalue weighted by Gasteiger charge is -2.17. The molecule has 0 aromatic carbocycles. The number of nitrogens with one attached hydrogen (secondary N) is 1. The number of urea groups is 1. The van der Waals surface area contributed by atoms with Crippen LogP contribution in [0.2, 0.25) is 0 Å². The molecule has 82 valence electrons. The first-order valence-electron chi connectivity index (χ1n) is 5.03. The summed E-state index contributed by atoms with van der Waals surface area (Å²) in [6.07, 6.45) is 5.15. The van der Waals surface area contributed by atoms with E-state index >= 15 is 0 Å². The third-order valence-corrected chi connectivity index (χ3v) is 2.03. The molecule has 0 saturated heterocycles. The minimum Gasteiger partial charge on any atom is -0.328 e. The summed E-state index contributed by atoms with van der Waals surface area (Å²) < 4.78 is 0. The first kappa shape index (κ1) is 11.4. The van der Waals surface area contributed by atoms with E-state index in [9.17, 15) is 4.79 Å². The zero-order valence-electron chi connectivity index (χ0n) is 9.10. The van der Waals surface area contributed by atoms with Crippen LogP contribution in [0.15, 0.2) is 18.5 Å². The Morgan fingerprint density at radius 3 is 2.93 bits per heavy atom. The lowest BCUT2D eigenvalue weighted by atomic mass is 10.3. The van der Waals surface area contributed by atoms with E-state index in [4.69, 9.17) is 0 Å². The van der Waals surface area contributed by atoms with Crippen LogP contribution in [-0.2, 0) is 0 Å². The van der Waals surface area contributed by atoms with Crippen LogP contribution in [0.5, 0.6) is 0 Å². The molecule has 0 radical (unpaired) electrons. The van der Waals surface area contributed by atoms with Gasteiger partial charge < -0.3 is 10.2 Å². The average Bonchev–Trinajstić information content (AvgIpc) is 2.27. The fourth-order valence-electron chi connectivity index (χ4n) is 1.08. The molecule has 0 atom stereocenters. The molecule has 0 aliphatic rings. The van der Waals surface area contributed by atoms with Crippen LogP contribution in [0, 0.1) is 0 Å². The average molecular weight is 208 g/mol. The summed E-state index contributed by atoms with van der Waals surface area (Å²) in [6, 6.07) is 1.59. The van der Waals surface area contributed by atoms with E-state index in [1.165, 1.54) is 6.20 Å². The summed E-state index contributed by atoms with van der Waals surface area (Å²) in [5.41, 5.74) is 0.665. The molecule has 1 aromatic heterocycles. The van der Waals surface area contributed by atoms with E-state index in [0.29, 0.717) is 5.69 Å². The van der Waals surface area contributed by atoms with Crippen molar-refractivity contribution in [1.29, 1.82) is 0 Å². The van der Waals surface area contributed by atoms with Crippen molar-refractivity contribution < 1.29 is 4.79 Å². The van der Waals surface area contributed by atoms with E-state index < -0.39 is 0 Å². The molecule has 1 aromatic rings. The second kappa shape index (κ2) is 5.95. The molecule has 0 spiro atoms. The SMILES string of the molecule is CCCCN(C)C(=O)Nc1ccnnc1. The second-order valence-corrected chi connectivity index (χ2v) is 3.34. The number of aromatic nitrogens is 2. The highest BCUT2D eigenvalue weighted by atomic mass is 16.2. The van der Waals surface area contributed by atoms with Crippen molar-refractivity contribution in [2.24, 2.45) is 0 Å². The minimum absolute atomic E-state index is 0.114. The molecule has 1 heterocycles. The summed E-state index contributed by atoms with van der Waals surface area (Å²) in [5, 5.41) is 10.0. The monoisotopic (exact) mass is 208 g/mol. The Labute approximate surface area is 89.5 Å². The number of hydrogen-bond acceptors (Lipinski definition) is 3. The highest BCUT2D eigenvalue weighted by Crippen LogP contribution is 2.03. The van der Waals surface area contributed by atoms with Crippen LogP contribution in [0.4, 0.5) is 10.5 Å². The summed E-state index contributed by atoms with van der Waals surface area (Å²) in [4.78, 5) is 13.2. The maximum absolute atomic E-state index is 11.6. The predicted molar refractivity (Wildman–Crippen MR) is 58.6 cm³/mol. The molecule has 1 N–H and O–H groups in total. The highest BCUT2D eigenvalue weighted by Gasteiger charge is 2.07. The third-order valence-electron chi connectivity index (χ3n) is 2.03. The largest absolute Gasteiger partial charge is 0.328 e. The number of unbranched alkanes of at least 4 members (excludes halogenated alkanes) is 1. The van der Waals surface area contributed by atoms with Gasteiger partial charge in [0.25, 0.3) is 0 Å². The van der Waals surface area contributed by atoms with Gasteiger partial charge in [-0.3, -0.25) is 0 Å². The Morgan fingerprint density at radius 2 is 2.33 bits per heavy atom. The van der Waals surface area contributed by atoms with Crippen LogP contribution >= 0.6 is 0 Å². The molecule has 0 saturated carbocycles. The number of amides is 2. The zero-order valence-corrected chi connectivity index (χ0v) is 9.10. The molecule has 0 aliphatic carbocycles. The number of hydrogen-bond donors (Lipinski definition) is 1. The van der Waals surface area contributed by atoms with Crippen molar-refractivity contribution in [1.82, 2.24) is 15.1 Å². The van der Waals surface area contributed by atoms with Crippen molar-refractivity contribution in [3.05, 3.63) is 18.5 Å². The lowest BCUT2D eigenvalue weighted by molar-refractivity contribution is 0.222. The van der Waals surface area contributed by atoms with E-state index in [2.05, 4.69) is 22.4 Å². The fourth-order valence-corrected chi connectivity index (χ4v) is 1.08. The third kappa shape index (κ3) is 3.93. The summed E-state index contributed by atoms with van der Waals surface area (Å²) in [6.45, 7) is 2.86. The zero-order chi connectivity index (χ0) is 11.1. The molecule has 0 bridgehead atoms. The molecule has 0 fully saturated rings. The van der Waals surface area contributed by atoms with Crippen molar-refractivity contribution in [2.45, 2.75) is 19.8 Å².